The molecule has 0 radical (unpaired) electrons. The van der Waals surface area contributed by atoms with E-state index in [1.807, 2.05) is 0 Å². The van der Waals surface area contributed by atoms with Crippen molar-refractivity contribution >= 4 is 5.91 Å². The van der Waals surface area contributed by atoms with E-state index < -0.39 is 5.60 Å². The van der Waals surface area contributed by atoms with Crippen molar-refractivity contribution in [3.05, 3.63) is 23.8 Å². The molecule has 0 spiro atoms. The van der Waals surface area contributed by atoms with E-state index in [1.165, 1.54) is 18.2 Å². The average molecular weight is 267 g/mol. The van der Waals surface area contributed by atoms with Gasteiger partial charge in [0.25, 0.3) is 5.91 Å². The molecule has 1 aliphatic heterocycles. The summed E-state index contributed by atoms with van der Waals surface area (Å²) >= 11 is 0. The highest BCUT2D eigenvalue weighted by atomic mass is 16.5. The van der Waals surface area contributed by atoms with Gasteiger partial charge in [-0.3, -0.25) is 4.79 Å². The average Bonchev–Trinajstić information content (AvgIpc) is 2.89. The minimum atomic E-state index is -0.478. The second kappa shape index (κ2) is 5.46. The molecule has 1 fully saturated rings. The Morgan fingerprint density at radius 3 is 2.84 bits per heavy atom. The van der Waals surface area contributed by atoms with Gasteiger partial charge in [0.15, 0.2) is 11.5 Å². The molecule has 1 atom stereocenters. The van der Waals surface area contributed by atoms with Gasteiger partial charge < -0.3 is 25.0 Å². The van der Waals surface area contributed by atoms with Gasteiger partial charge in [0.2, 0.25) is 0 Å². The first-order valence-electron chi connectivity index (χ1n) is 5.99. The zero-order chi connectivity index (χ0) is 13.9. The molecule has 0 saturated carbocycles. The Morgan fingerprint density at radius 1 is 1.47 bits per heavy atom. The van der Waals surface area contributed by atoms with Gasteiger partial charge in [-0.15, -0.1) is 0 Å². The fraction of sp³-hybridized carbons (Fsp3) is 0.462. The highest BCUT2D eigenvalue weighted by Crippen LogP contribution is 2.25. The molecule has 104 valence electrons. The summed E-state index contributed by atoms with van der Waals surface area (Å²) in [7, 11) is 1.59. The number of hydrogen-bond acceptors (Lipinski definition) is 5. The van der Waals surface area contributed by atoms with Crippen LogP contribution in [0.25, 0.3) is 0 Å². The topological polar surface area (TPSA) is 88.0 Å². The number of carbonyl (C=O) groups excluding carboxylic acids is 1. The maximum absolute atomic E-state index is 11.9. The molecule has 1 unspecified atom stereocenters. The first-order valence-corrected chi connectivity index (χ1v) is 5.99. The summed E-state index contributed by atoms with van der Waals surface area (Å²) in [6.45, 7) is 1.40. The molecule has 6 nitrogen and oxygen atoms in total. The van der Waals surface area contributed by atoms with Crippen molar-refractivity contribution in [2.75, 3.05) is 26.9 Å². The number of nitrogens with one attached hydrogen (secondary N) is 1. The lowest BCUT2D eigenvalue weighted by Crippen LogP contribution is -2.45. The molecule has 0 aliphatic carbocycles. The first-order chi connectivity index (χ1) is 9.06. The van der Waals surface area contributed by atoms with E-state index >= 15 is 0 Å². The third-order valence-electron chi connectivity index (χ3n) is 3.31. The van der Waals surface area contributed by atoms with Crippen molar-refractivity contribution in [2.24, 2.45) is 0 Å². The van der Waals surface area contributed by atoms with Crippen LogP contribution in [0.2, 0.25) is 0 Å². The lowest BCUT2D eigenvalue weighted by Gasteiger charge is -2.25. The van der Waals surface area contributed by atoms with E-state index in [1.54, 1.807) is 7.11 Å². The van der Waals surface area contributed by atoms with Crippen molar-refractivity contribution in [1.82, 2.24) is 5.32 Å². The highest BCUT2D eigenvalue weighted by Gasteiger charge is 2.35. The molecule has 1 aromatic rings. The quantitative estimate of drug-likeness (QED) is 0.696. The van der Waals surface area contributed by atoms with E-state index in [9.17, 15) is 15.0 Å². The molecule has 1 aliphatic rings. The monoisotopic (exact) mass is 267 g/mol. The zero-order valence-electron chi connectivity index (χ0n) is 10.7. The molecule has 0 bridgehead atoms. The van der Waals surface area contributed by atoms with Crippen molar-refractivity contribution in [1.29, 1.82) is 0 Å². The fourth-order valence-corrected chi connectivity index (χ4v) is 1.97. The summed E-state index contributed by atoms with van der Waals surface area (Å²) in [5.74, 6) is -0.911. The molecule has 19 heavy (non-hydrogen) atoms. The predicted octanol–water partition coefficient (Wildman–Crippen LogP) is 0.633. The Balaban J connectivity index is 1.99. The van der Waals surface area contributed by atoms with E-state index in [-0.39, 0.29) is 23.0 Å². The third-order valence-corrected chi connectivity index (χ3v) is 3.31. The van der Waals surface area contributed by atoms with Gasteiger partial charge in [-0.1, -0.05) is 0 Å². The van der Waals surface area contributed by atoms with Crippen LogP contribution in [0.3, 0.4) is 0 Å². The first kappa shape index (κ1) is 13.6. The fourth-order valence-electron chi connectivity index (χ4n) is 1.97. The number of rotatable bonds is 4. The summed E-state index contributed by atoms with van der Waals surface area (Å²) in [6, 6.07) is 3.93. The summed E-state index contributed by atoms with van der Waals surface area (Å²) in [5, 5.41) is 21.3. The Bertz CT molecular complexity index is 468. The summed E-state index contributed by atoms with van der Waals surface area (Å²) in [6.07, 6.45) is 0.727. The third kappa shape index (κ3) is 2.97. The van der Waals surface area contributed by atoms with Gasteiger partial charge in [-0.2, -0.15) is 0 Å². The molecule has 2 rings (SSSR count). The molecular formula is C13H17NO5. The molecule has 1 amide bonds. The van der Waals surface area contributed by atoms with Crippen LogP contribution >= 0.6 is 0 Å². The highest BCUT2D eigenvalue weighted by molar-refractivity contribution is 5.94. The number of aromatic hydroxyl groups is 2. The van der Waals surface area contributed by atoms with Crippen LogP contribution < -0.4 is 5.32 Å². The maximum atomic E-state index is 11.9. The van der Waals surface area contributed by atoms with Crippen LogP contribution in [0.4, 0.5) is 0 Å². The van der Waals surface area contributed by atoms with Crippen molar-refractivity contribution in [3.8, 4) is 11.5 Å². The van der Waals surface area contributed by atoms with E-state index in [0.717, 1.165) is 6.42 Å². The van der Waals surface area contributed by atoms with Crippen LogP contribution in [0.1, 0.15) is 16.8 Å². The molecule has 1 heterocycles. The van der Waals surface area contributed by atoms with Crippen LogP contribution in [-0.4, -0.2) is 48.6 Å². The van der Waals surface area contributed by atoms with Crippen LogP contribution in [0, 0.1) is 0 Å². The lowest BCUT2D eigenvalue weighted by molar-refractivity contribution is -0.0148. The number of amides is 1. The van der Waals surface area contributed by atoms with Crippen LogP contribution in [0.15, 0.2) is 18.2 Å². The summed E-state index contributed by atoms with van der Waals surface area (Å²) in [5.41, 5.74) is -0.199. The molecule has 1 saturated heterocycles. The number of phenolic OH excluding ortho intramolecular Hbond substituents is 2. The minimum Gasteiger partial charge on any atom is -0.504 e. The number of phenols is 2. The number of methoxy groups -OCH3 is 1. The van der Waals surface area contributed by atoms with Crippen molar-refractivity contribution < 1.29 is 24.5 Å². The van der Waals surface area contributed by atoms with E-state index in [4.69, 9.17) is 9.47 Å². The second-order valence-electron chi connectivity index (χ2n) is 4.58. The number of ether oxygens (including phenoxy) is 2. The maximum Gasteiger partial charge on any atom is 0.251 e. The largest absolute Gasteiger partial charge is 0.504 e. The molecule has 3 N–H and O–H groups in total. The van der Waals surface area contributed by atoms with Crippen molar-refractivity contribution in [3.63, 3.8) is 0 Å². The van der Waals surface area contributed by atoms with Crippen LogP contribution in [-0.2, 0) is 9.47 Å². The Kier molecular flexibility index (Phi) is 3.92. The summed E-state index contributed by atoms with van der Waals surface area (Å²) in [4.78, 5) is 11.9. The normalized spacial score (nSPS) is 22.4. The Morgan fingerprint density at radius 2 is 2.26 bits per heavy atom. The number of carbonyl (C=O) groups is 1. The van der Waals surface area contributed by atoms with Gasteiger partial charge in [0, 0.05) is 32.2 Å². The molecule has 0 aromatic heterocycles. The van der Waals surface area contributed by atoms with Gasteiger partial charge in [0.05, 0.1) is 6.61 Å². The second-order valence-corrected chi connectivity index (χ2v) is 4.58. The SMILES string of the molecule is COC1(CNC(=O)c2ccc(O)c(O)c2)CCOC1. The lowest BCUT2D eigenvalue weighted by atomic mass is 10.0. The number of benzene rings is 1. The van der Waals surface area contributed by atoms with Gasteiger partial charge in [0.1, 0.15) is 5.60 Å². The molecule has 1 aromatic carbocycles. The Labute approximate surface area is 111 Å². The van der Waals surface area contributed by atoms with Crippen LogP contribution in [0.5, 0.6) is 11.5 Å². The van der Waals surface area contributed by atoms with E-state index in [0.29, 0.717) is 19.8 Å². The summed E-state index contributed by atoms with van der Waals surface area (Å²) < 4.78 is 10.7. The minimum absolute atomic E-state index is 0.255. The van der Waals surface area contributed by atoms with Crippen molar-refractivity contribution in [2.45, 2.75) is 12.0 Å². The zero-order valence-corrected chi connectivity index (χ0v) is 10.7. The molecule has 6 heteroatoms. The molecular weight excluding hydrogens is 250 g/mol. The van der Waals surface area contributed by atoms with Gasteiger partial charge in [-0.05, 0) is 18.2 Å². The predicted molar refractivity (Wildman–Crippen MR) is 67.3 cm³/mol. The standard InChI is InChI=1S/C13H17NO5/c1-18-13(4-5-19-8-13)7-14-12(17)9-2-3-10(15)11(16)6-9/h2-3,6,15-16H,4-5,7-8H2,1H3,(H,14,17). The smallest absolute Gasteiger partial charge is 0.251 e. The Hall–Kier alpha value is -1.79. The van der Waals surface area contributed by atoms with E-state index in [2.05, 4.69) is 5.32 Å². The van der Waals surface area contributed by atoms with Gasteiger partial charge in [-0.25, -0.2) is 0 Å². The van der Waals surface area contributed by atoms with Gasteiger partial charge >= 0.3 is 0 Å². The number of hydrogen-bond donors (Lipinski definition) is 3.